The Bertz CT molecular complexity index is 754. The second-order valence-corrected chi connectivity index (χ2v) is 7.05. The Hall–Kier alpha value is -2.21. The smallest absolute Gasteiger partial charge is 0.228 e. The van der Waals surface area contributed by atoms with Crippen LogP contribution in [0.5, 0.6) is 0 Å². The summed E-state index contributed by atoms with van der Waals surface area (Å²) in [7, 11) is 0. The van der Waals surface area contributed by atoms with Crippen molar-refractivity contribution in [2.24, 2.45) is 0 Å². The van der Waals surface area contributed by atoms with Gasteiger partial charge < -0.3 is 10.2 Å². The van der Waals surface area contributed by atoms with E-state index in [2.05, 4.69) is 32.4 Å². The van der Waals surface area contributed by atoms with Crippen LogP contribution in [0.1, 0.15) is 42.1 Å². The van der Waals surface area contributed by atoms with Gasteiger partial charge in [-0.05, 0) is 56.4 Å². The molecule has 1 aliphatic heterocycles. The van der Waals surface area contributed by atoms with Crippen LogP contribution in [-0.4, -0.2) is 44.7 Å². The fourth-order valence-electron chi connectivity index (χ4n) is 3.37. The highest BCUT2D eigenvalue weighted by Gasteiger charge is 2.23. The van der Waals surface area contributed by atoms with E-state index in [1.807, 2.05) is 31.0 Å². The monoisotopic (exact) mass is 373 g/mol. The van der Waals surface area contributed by atoms with Gasteiger partial charge >= 0.3 is 0 Å². The highest BCUT2D eigenvalue weighted by Crippen LogP contribution is 2.29. The maximum Gasteiger partial charge on any atom is 0.228 e. The Morgan fingerprint density at radius 1 is 1.23 bits per heavy atom. The quantitative estimate of drug-likeness (QED) is 0.811. The van der Waals surface area contributed by atoms with Crippen LogP contribution in [0.15, 0.2) is 24.4 Å². The third kappa shape index (κ3) is 4.69. The molecule has 1 N–H and O–H groups in total. The molecule has 2 aromatic heterocycles. The van der Waals surface area contributed by atoms with Gasteiger partial charge in [0.05, 0.1) is 0 Å². The normalized spacial score (nSPS) is 15.1. The molecule has 3 rings (SSSR count). The molecular formula is C19H24ClN5O. The first kappa shape index (κ1) is 18.6. The summed E-state index contributed by atoms with van der Waals surface area (Å²) in [5, 5.41) is 3.20. The molecule has 0 aliphatic carbocycles. The zero-order valence-electron chi connectivity index (χ0n) is 15.2. The topological polar surface area (TPSA) is 71.0 Å². The number of nitrogens with zero attached hydrogens (tertiary/aromatic N) is 4. The number of pyridine rings is 1. The van der Waals surface area contributed by atoms with E-state index < -0.39 is 0 Å². The van der Waals surface area contributed by atoms with Crippen LogP contribution in [-0.2, 0) is 4.79 Å². The van der Waals surface area contributed by atoms with Gasteiger partial charge in [-0.25, -0.2) is 15.0 Å². The van der Waals surface area contributed by atoms with Crippen LogP contribution >= 0.6 is 11.6 Å². The van der Waals surface area contributed by atoms with E-state index in [0.717, 1.165) is 43.1 Å². The third-order valence-electron chi connectivity index (χ3n) is 4.63. The fourth-order valence-corrected chi connectivity index (χ4v) is 3.53. The molecule has 1 fully saturated rings. The van der Waals surface area contributed by atoms with Gasteiger partial charge in [-0.3, -0.25) is 4.79 Å². The Balaban J connectivity index is 1.65. The zero-order chi connectivity index (χ0) is 18.5. The molecule has 2 aromatic rings. The van der Waals surface area contributed by atoms with Gasteiger partial charge in [0.25, 0.3) is 0 Å². The minimum absolute atomic E-state index is 0.155. The van der Waals surface area contributed by atoms with E-state index in [1.54, 1.807) is 0 Å². The lowest BCUT2D eigenvalue weighted by Gasteiger charge is -2.32. The number of hydrogen-bond acceptors (Lipinski definition) is 5. The number of likely N-dealkylation sites (tertiary alicyclic amines) is 1. The summed E-state index contributed by atoms with van der Waals surface area (Å²) in [6, 6.07) is 6.05. The predicted molar refractivity (Wildman–Crippen MR) is 103 cm³/mol. The highest BCUT2D eigenvalue weighted by atomic mass is 35.5. The van der Waals surface area contributed by atoms with Crippen molar-refractivity contribution in [3.8, 4) is 0 Å². The second-order valence-electron chi connectivity index (χ2n) is 6.67. The van der Waals surface area contributed by atoms with Gasteiger partial charge in [0.1, 0.15) is 5.82 Å². The lowest BCUT2D eigenvalue weighted by atomic mass is 9.90. The maximum absolute atomic E-state index is 12.0. The van der Waals surface area contributed by atoms with Crippen molar-refractivity contribution in [2.45, 2.75) is 39.0 Å². The van der Waals surface area contributed by atoms with Crippen molar-refractivity contribution in [1.82, 2.24) is 19.9 Å². The van der Waals surface area contributed by atoms with Crippen molar-refractivity contribution in [3.63, 3.8) is 0 Å². The van der Waals surface area contributed by atoms with Crippen LogP contribution in [0.4, 0.5) is 11.8 Å². The van der Waals surface area contributed by atoms with E-state index in [9.17, 15) is 4.79 Å². The highest BCUT2D eigenvalue weighted by molar-refractivity contribution is 6.18. The molecule has 6 nitrogen and oxygen atoms in total. The van der Waals surface area contributed by atoms with E-state index in [0.29, 0.717) is 24.2 Å². The Morgan fingerprint density at radius 3 is 2.58 bits per heavy atom. The number of piperidine rings is 1. The maximum atomic E-state index is 12.0. The molecule has 0 saturated carbocycles. The Kier molecular flexibility index (Phi) is 6.04. The van der Waals surface area contributed by atoms with Crippen molar-refractivity contribution >= 4 is 29.3 Å². The fraction of sp³-hybridized carbons (Fsp3) is 0.474. The number of carbonyl (C=O) groups excluding carboxylic acids is 1. The van der Waals surface area contributed by atoms with Gasteiger partial charge in [0.2, 0.25) is 11.9 Å². The Morgan fingerprint density at radius 2 is 1.92 bits per heavy atom. The molecule has 138 valence electrons. The molecular weight excluding hydrogens is 350 g/mol. The van der Waals surface area contributed by atoms with Crippen molar-refractivity contribution in [3.05, 3.63) is 41.3 Å². The molecule has 1 aliphatic rings. The molecule has 0 bridgehead atoms. The van der Waals surface area contributed by atoms with Gasteiger partial charge in [0, 0.05) is 43.0 Å². The molecule has 7 heteroatoms. The molecule has 1 saturated heterocycles. The second kappa shape index (κ2) is 8.45. The van der Waals surface area contributed by atoms with Gasteiger partial charge in [-0.1, -0.05) is 0 Å². The predicted octanol–water partition coefficient (Wildman–Crippen LogP) is 3.57. The van der Waals surface area contributed by atoms with Crippen LogP contribution in [0.3, 0.4) is 0 Å². The lowest BCUT2D eigenvalue weighted by molar-refractivity contribution is -0.131. The summed E-state index contributed by atoms with van der Waals surface area (Å²) >= 11 is 5.67. The van der Waals surface area contributed by atoms with Crippen molar-refractivity contribution in [1.29, 1.82) is 0 Å². The number of amides is 1. The molecule has 0 atom stereocenters. The number of aromatic nitrogens is 3. The number of alkyl halides is 1. The average Bonchev–Trinajstić information content (AvgIpc) is 2.61. The molecule has 0 spiro atoms. The number of aryl methyl sites for hydroxylation is 2. The minimum Gasteiger partial charge on any atom is -0.343 e. The largest absolute Gasteiger partial charge is 0.343 e. The summed E-state index contributed by atoms with van der Waals surface area (Å²) in [6.45, 7) is 5.46. The van der Waals surface area contributed by atoms with Gasteiger partial charge in [-0.2, -0.15) is 0 Å². The van der Waals surface area contributed by atoms with Gasteiger partial charge in [-0.15, -0.1) is 11.6 Å². The van der Waals surface area contributed by atoms with E-state index >= 15 is 0 Å². The molecule has 0 aromatic carbocycles. The van der Waals surface area contributed by atoms with E-state index in [1.165, 1.54) is 5.56 Å². The van der Waals surface area contributed by atoms with Crippen LogP contribution in [0, 0.1) is 13.8 Å². The number of anilines is 2. The van der Waals surface area contributed by atoms with Crippen molar-refractivity contribution in [2.75, 3.05) is 24.3 Å². The zero-order valence-corrected chi connectivity index (χ0v) is 16.0. The molecule has 0 unspecified atom stereocenters. The summed E-state index contributed by atoms with van der Waals surface area (Å²) < 4.78 is 0. The molecule has 0 radical (unpaired) electrons. The van der Waals surface area contributed by atoms with Crippen LogP contribution in [0.25, 0.3) is 0 Å². The first-order chi connectivity index (χ1) is 12.5. The first-order valence-corrected chi connectivity index (χ1v) is 9.47. The Labute approximate surface area is 159 Å². The number of rotatable bonds is 5. The van der Waals surface area contributed by atoms with Crippen LogP contribution < -0.4 is 5.32 Å². The summed E-state index contributed by atoms with van der Waals surface area (Å²) in [6.07, 6.45) is 4.14. The SMILES string of the molecule is Cc1cc(C)nc(Nc2cc(C3CCN(C(=O)CCCl)CC3)ccn2)n1. The number of nitrogens with one attached hydrogen (secondary N) is 1. The van der Waals surface area contributed by atoms with E-state index in [4.69, 9.17) is 11.6 Å². The summed E-state index contributed by atoms with van der Waals surface area (Å²) in [5.74, 6) is 2.28. The third-order valence-corrected chi connectivity index (χ3v) is 4.82. The van der Waals surface area contributed by atoms with Crippen molar-refractivity contribution < 1.29 is 4.79 Å². The molecule has 26 heavy (non-hydrogen) atoms. The number of carbonyl (C=O) groups is 1. The molecule has 1 amide bonds. The van der Waals surface area contributed by atoms with Crippen LogP contribution in [0.2, 0.25) is 0 Å². The average molecular weight is 374 g/mol. The first-order valence-electron chi connectivity index (χ1n) is 8.94. The number of hydrogen-bond donors (Lipinski definition) is 1. The van der Waals surface area contributed by atoms with Gasteiger partial charge in [0.15, 0.2) is 0 Å². The summed E-state index contributed by atoms with van der Waals surface area (Å²) in [5.41, 5.74) is 3.08. The minimum atomic E-state index is 0.155. The number of halogens is 1. The molecule has 3 heterocycles. The van der Waals surface area contributed by atoms with E-state index in [-0.39, 0.29) is 5.91 Å². The standard InChI is InChI=1S/C19H24ClN5O/c1-13-11-14(2)23-19(22-13)24-17-12-16(4-8-21-17)15-5-9-25(10-6-15)18(26)3-7-20/h4,8,11-12,15H,3,5-7,9-10H2,1-2H3,(H,21,22,23,24). The summed E-state index contributed by atoms with van der Waals surface area (Å²) in [4.78, 5) is 27.1. The lowest BCUT2D eigenvalue weighted by Crippen LogP contribution is -2.38.